The SMILES string of the molecule is CC(C)CN(CCC#N)C(=O)c1ccnc(C(=O)O)c1. The van der Waals surface area contributed by atoms with Gasteiger partial charge in [0, 0.05) is 24.8 Å². The minimum atomic E-state index is -1.17. The summed E-state index contributed by atoms with van der Waals surface area (Å²) in [6.07, 6.45) is 1.55. The topological polar surface area (TPSA) is 94.3 Å². The van der Waals surface area contributed by atoms with E-state index in [1.165, 1.54) is 18.3 Å². The Kier molecular flexibility index (Phi) is 5.66. The van der Waals surface area contributed by atoms with Gasteiger partial charge in [-0.3, -0.25) is 4.79 Å². The standard InChI is InChI=1S/C14H17N3O3/c1-10(2)9-17(7-3-5-15)13(18)11-4-6-16-12(8-11)14(19)20/h4,6,8,10H,3,7,9H2,1-2H3,(H,19,20). The van der Waals surface area contributed by atoms with Gasteiger partial charge in [0.05, 0.1) is 12.5 Å². The van der Waals surface area contributed by atoms with Crippen LogP contribution in [0.25, 0.3) is 0 Å². The predicted octanol–water partition coefficient (Wildman–Crippen LogP) is 1.79. The summed E-state index contributed by atoms with van der Waals surface area (Å²) >= 11 is 0. The van der Waals surface area contributed by atoms with Crippen molar-refractivity contribution in [2.75, 3.05) is 13.1 Å². The highest BCUT2D eigenvalue weighted by Crippen LogP contribution is 2.09. The third kappa shape index (κ3) is 4.35. The molecule has 0 aliphatic heterocycles. The Hall–Kier alpha value is -2.42. The molecule has 0 fully saturated rings. The van der Waals surface area contributed by atoms with Crippen LogP contribution < -0.4 is 0 Å². The largest absolute Gasteiger partial charge is 0.477 e. The summed E-state index contributed by atoms with van der Waals surface area (Å²) in [5.41, 5.74) is 0.108. The van der Waals surface area contributed by atoms with Crippen LogP contribution in [-0.2, 0) is 0 Å². The fraction of sp³-hybridized carbons (Fsp3) is 0.429. The number of nitriles is 1. The fourth-order valence-electron chi connectivity index (χ4n) is 1.76. The number of pyridine rings is 1. The number of carboxylic acids is 1. The minimum Gasteiger partial charge on any atom is -0.477 e. The van der Waals surface area contributed by atoms with Crippen LogP contribution in [0.1, 0.15) is 41.1 Å². The highest BCUT2D eigenvalue weighted by molar-refractivity contribution is 5.96. The van der Waals surface area contributed by atoms with Gasteiger partial charge in [0.1, 0.15) is 5.69 Å². The Morgan fingerprint density at radius 3 is 2.75 bits per heavy atom. The first-order chi connectivity index (χ1) is 9.45. The third-order valence-corrected chi connectivity index (χ3v) is 2.59. The molecule has 0 atom stereocenters. The second-order valence-corrected chi connectivity index (χ2v) is 4.79. The Morgan fingerprint density at radius 2 is 2.20 bits per heavy atom. The van der Waals surface area contributed by atoms with Crippen molar-refractivity contribution in [3.05, 3.63) is 29.6 Å². The summed E-state index contributed by atoms with van der Waals surface area (Å²) in [6, 6.07) is 4.74. The van der Waals surface area contributed by atoms with Gasteiger partial charge in [-0.05, 0) is 18.1 Å². The Labute approximate surface area is 117 Å². The second-order valence-electron chi connectivity index (χ2n) is 4.79. The number of aromatic nitrogens is 1. The van der Waals surface area contributed by atoms with Crippen molar-refractivity contribution < 1.29 is 14.7 Å². The maximum absolute atomic E-state index is 12.4. The van der Waals surface area contributed by atoms with Crippen LogP contribution >= 0.6 is 0 Å². The maximum Gasteiger partial charge on any atom is 0.354 e. The molecule has 0 saturated carbocycles. The molecule has 0 saturated heterocycles. The van der Waals surface area contributed by atoms with Crippen LogP contribution in [0.5, 0.6) is 0 Å². The molecule has 6 nitrogen and oxygen atoms in total. The Morgan fingerprint density at radius 1 is 1.50 bits per heavy atom. The molecule has 0 spiro atoms. The zero-order chi connectivity index (χ0) is 15.1. The summed E-state index contributed by atoms with van der Waals surface area (Å²) < 4.78 is 0. The number of amides is 1. The van der Waals surface area contributed by atoms with E-state index in [9.17, 15) is 9.59 Å². The van der Waals surface area contributed by atoms with Gasteiger partial charge in [0.15, 0.2) is 0 Å². The van der Waals surface area contributed by atoms with Crippen LogP contribution in [0.2, 0.25) is 0 Å². The second kappa shape index (κ2) is 7.24. The predicted molar refractivity (Wildman–Crippen MR) is 72.2 cm³/mol. The number of carbonyl (C=O) groups is 2. The van der Waals surface area contributed by atoms with E-state index >= 15 is 0 Å². The van der Waals surface area contributed by atoms with Crippen molar-refractivity contribution in [2.45, 2.75) is 20.3 Å². The van der Waals surface area contributed by atoms with Crippen molar-refractivity contribution in [3.8, 4) is 6.07 Å². The van der Waals surface area contributed by atoms with E-state index in [0.717, 1.165) is 0 Å². The fourth-order valence-corrected chi connectivity index (χ4v) is 1.76. The van der Waals surface area contributed by atoms with Crippen molar-refractivity contribution in [3.63, 3.8) is 0 Å². The van der Waals surface area contributed by atoms with E-state index in [4.69, 9.17) is 10.4 Å². The number of carboxylic acid groups (broad SMARTS) is 1. The van der Waals surface area contributed by atoms with E-state index in [0.29, 0.717) is 13.1 Å². The molecule has 1 heterocycles. The number of rotatable bonds is 6. The number of aromatic carboxylic acids is 1. The molecule has 1 aromatic rings. The van der Waals surface area contributed by atoms with Crippen molar-refractivity contribution in [1.29, 1.82) is 5.26 Å². The molecule has 0 bridgehead atoms. The summed E-state index contributed by atoms with van der Waals surface area (Å²) in [4.78, 5) is 28.5. The van der Waals surface area contributed by atoms with Gasteiger partial charge in [-0.25, -0.2) is 9.78 Å². The highest BCUT2D eigenvalue weighted by atomic mass is 16.4. The number of nitrogens with zero attached hydrogens (tertiary/aromatic N) is 3. The lowest BCUT2D eigenvalue weighted by Gasteiger charge is -2.23. The van der Waals surface area contributed by atoms with Crippen LogP contribution in [0, 0.1) is 17.2 Å². The van der Waals surface area contributed by atoms with Crippen LogP contribution in [0.4, 0.5) is 0 Å². The van der Waals surface area contributed by atoms with Crippen molar-refractivity contribution in [1.82, 2.24) is 9.88 Å². The molecule has 0 aliphatic carbocycles. The average Bonchev–Trinajstić information content (AvgIpc) is 2.42. The molecule has 1 N–H and O–H groups in total. The van der Waals surface area contributed by atoms with Gasteiger partial charge in [-0.2, -0.15) is 5.26 Å². The van der Waals surface area contributed by atoms with E-state index in [2.05, 4.69) is 4.98 Å². The molecule has 6 heteroatoms. The third-order valence-electron chi connectivity index (χ3n) is 2.59. The zero-order valence-corrected chi connectivity index (χ0v) is 11.5. The first-order valence-corrected chi connectivity index (χ1v) is 6.31. The first-order valence-electron chi connectivity index (χ1n) is 6.31. The summed E-state index contributed by atoms with van der Waals surface area (Å²) in [6.45, 7) is 4.80. The molecule has 0 radical (unpaired) electrons. The Balaban J connectivity index is 2.96. The lowest BCUT2D eigenvalue weighted by Crippen LogP contribution is -2.35. The maximum atomic E-state index is 12.4. The van der Waals surface area contributed by atoms with Gasteiger partial charge >= 0.3 is 5.97 Å². The molecule has 1 amide bonds. The first kappa shape index (κ1) is 15.6. The normalized spacial score (nSPS) is 10.1. The lowest BCUT2D eigenvalue weighted by atomic mass is 10.1. The van der Waals surface area contributed by atoms with Crippen LogP contribution in [0.15, 0.2) is 18.3 Å². The molecule has 20 heavy (non-hydrogen) atoms. The highest BCUT2D eigenvalue weighted by Gasteiger charge is 2.18. The van der Waals surface area contributed by atoms with E-state index in [-0.39, 0.29) is 29.5 Å². The van der Waals surface area contributed by atoms with Gasteiger partial charge in [0.25, 0.3) is 5.91 Å². The summed E-state index contributed by atoms with van der Waals surface area (Å²) in [5, 5.41) is 17.5. The minimum absolute atomic E-state index is 0.166. The molecular formula is C14H17N3O3. The van der Waals surface area contributed by atoms with E-state index in [1.54, 1.807) is 4.90 Å². The molecule has 0 unspecified atom stereocenters. The number of hydrogen-bond acceptors (Lipinski definition) is 4. The smallest absolute Gasteiger partial charge is 0.354 e. The lowest BCUT2D eigenvalue weighted by molar-refractivity contribution is 0.0690. The molecule has 0 aromatic carbocycles. The number of carbonyl (C=O) groups excluding carboxylic acids is 1. The zero-order valence-electron chi connectivity index (χ0n) is 11.5. The van der Waals surface area contributed by atoms with Gasteiger partial charge in [0.2, 0.25) is 0 Å². The number of hydrogen-bond donors (Lipinski definition) is 1. The molecule has 1 rings (SSSR count). The van der Waals surface area contributed by atoms with E-state index < -0.39 is 5.97 Å². The molecule has 0 aliphatic rings. The van der Waals surface area contributed by atoms with Crippen LogP contribution in [0.3, 0.4) is 0 Å². The van der Waals surface area contributed by atoms with Gasteiger partial charge < -0.3 is 10.0 Å². The summed E-state index contributed by atoms with van der Waals surface area (Å²) in [7, 11) is 0. The van der Waals surface area contributed by atoms with E-state index in [1.807, 2.05) is 19.9 Å². The Bertz CT molecular complexity index is 535. The van der Waals surface area contributed by atoms with Gasteiger partial charge in [-0.15, -0.1) is 0 Å². The molecule has 1 aromatic heterocycles. The summed E-state index contributed by atoms with van der Waals surface area (Å²) in [5.74, 6) is -1.19. The van der Waals surface area contributed by atoms with Crippen molar-refractivity contribution in [2.24, 2.45) is 5.92 Å². The average molecular weight is 275 g/mol. The molecular weight excluding hydrogens is 258 g/mol. The monoisotopic (exact) mass is 275 g/mol. The van der Waals surface area contributed by atoms with Gasteiger partial charge in [-0.1, -0.05) is 13.8 Å². The molecule has 106 valence electrons. The van der Waals surface area contributed by atoms with Crippen LogP contribution in [-0.4, -0.2) is 40.0 Å². The quantitative estimate of drug-likeness (QED) is 0.854. The van der Waals surface area contributed by atoms with Crippen molar-refractivity contribution >= 4 is 11.9 Å².